The van der Waals surface area contributed by atoms with E-state index in [-0.39, 0.29) is 5.56 Å². The average molecular weight is 273 g/mol. The van der Waals surface area contributed by atoms with Crippen LogP contribution in [0.2, 0.25) is 0 Å². The van der Waals surface area contributed by atoms with Crippen LogP contribution in [0, 0.1) is 5.82 Å². The van der Waals surface area contributed by atoms with Crippen molar-refractivity contribution in [3.63, 3.8) is 0 Å². The first-order valence-electron chi connectivity index (χ1n) is 4.30. The molecule has 0 saturated heterocycles. The van der Waals surface area contributed by atoms with Crippen LogP contribution in [0.1, 0.15) is 22.8 Å². The van der Waals surface area contributed by atoms with Gasteiger partial charge in [-0.15, -0.1) is 0 Å². The van der Waals surface area contributed by atoms with Crippen molar-refractivity contribution < 1.29 is 13.9 Å². The topological polar surface area (TPSA) is 26.3 Å². The van der Waals surface area contributed by atoms with Gasteiger partial charge in [0.05, 0.1) is 7.11 Å². The van der Waals surface area contributed by atoms with Crippen LogP contribution in [-0.2, 0) is 4.74 Å². The van der Waals surface area contributed by atoms with E-state index in [9.17, 15) is 9.18 Å². The van der Waals surface area contributed by atoms with Gasteiger partial charge in [0.15, 0.2) is 0 Å². The second kappa shape index (κ2) is 5.07. The molecule has 4 heteroatoms. The second-order valence-corrected chi connectivity index (χ2v) is 3.76. The Balaban J connectivity index is 3.39. The molecule has 0 unspecified atom stereocenters. The van der Waals surface area contributed by atoms with Crippen LogP contribution in [0.5, 0.6) is 0 Å². The minimum Gasteiger partial charge on any atom is -0.465 e. The summed E-state index contributed by atoms with van der Waals surface area (Å²) in [5.74, 6) is -1.27. The maximum absolute atomic E-state index is 13.5. The van der Waals surface area contributed by atoms with E-state index in [2.05, 4.69) is 20.7 Å². The molecule has 1 aromatic carbocycles. The largest absolute Gasteiger partial charge is 0.465 e. The number of halogens is 2. The number of carbonyl (C=O) groups is 1. The molecule has 2 nitrogen and oxygen atoms in total. The molecule has 0 aliphatic rings. The van der Waals surface area contributed by atoms with E-state index in [1.165, 1.54) is 13.2 Å². The zero-order valence-electron chi connectivity index (χ0n) is 8.38. The van der Waals surface area contributed by atoms with Gasteiger partial charge in [0.2, 0.25) is 0 Å². The van der Waals surface area contributed by atoms with E-state index in [1.807, 2.05) is 0 Å². The van der Waals surface area contributed by atoms with Crippen molar-refractivity contribution in [1.29, 1.82) is 0 Å². The molecule has 0 aliphatic heterocycles. The van der Waals surface area contributed by atoms with Gasteiger partial charge >= 0.3 is 5.97 Å². The zero-order chi connectivity index (χ0) is 11.4. The van der Waals surface area contributed by atoms with Crippen LogP contribution in [0.25, 0.3) is 6.08 Å². The van der Waals surface area contributed by atoms with Gasteiger partial charge in [-0.1, -0.05) is 28.1 Å². The molecule has 0 radical (unpaired) electrons. The monoisotopic (exact) mass is 272 g/mol. The van der Waals surface area contributed by atoms with Gasteiger partial charge < -0.3 is 4.74 Å². The van der Waals surface area contributed by atoms with Gasteiger partial charge in [0.1, 0.15) is 11.4 Å². The molecule has 1 rings (SSSR count). The molecular weight excluding hydrogens is 263 g/mol. The van der Waals surface area contributed by atoms with Gasteiger partial charge in [-0.3, -0.25) is 0 Å². The minimum absolute atomic E-state index is 0.0428. The zero-order valence-corrected chi connectivity index (χ0v) is 9.97. The number of hydrogen-bond acceptors (Lipinski definition) is 2. The molecule has 80 valence electrons. The summed E-state index contributed by atoms with van der Waals surface area (Å²) in [6.45, 7) is 1.79. The summed E-state index contributed by atoms with van der Waals surface area (Å²) in [7, 11) is 1.23. The molecule has 15 heavy (non-hydrogen) atoms. The number of esters is 1. The van der Waals surface area contributed by atoms with Crippen molar-refractivity contribution in [2.75, 3.05) is 7.11 Å². The SMILES string of the molecule is C/C=C/c1cc(Br)cc(F)c1C(=O)OC. The maximum Gasteiger partial charge on any atom is 0.341 e. The van der Waals surface area contributed by atoms with Crippen molar-refractivity contribution in [3.05, 3.63) is 39.6 Å². The molecule has 0 atom stereocenters. The summed E-state index contributed by atoms with van der Waals surface area (Å²) >= 11 is 3.16. The van der Waals surface area contributed by atoms with Crippen molar-refractivity contribution in [2.45, 2.75) is 6.92 Å². The molecule has 0 fully saturated rings. The number of carbonyl (C=O) groups excluding carboxylic acids is 1. The lowest BCUT2D eigenvalue weighted by Gasteiger charge is -2.06. The van der Waals surface area contributed by atoms with Crippen LogP contribution < -0.4 is 0 Å². The highest BCUT2D eigenvalue weighted by Gasteiger charge is 2.16. The fraction of sp³-hybridized carbons (Fsp3) is 0.182. The van der Waals surface area contributed by atoms with Crippen molar-refractivity contribution >= 4 is 28.0 Å². The predicted octanol–water partition coefficient (Wildman–Crippen LogP) is 3.41. The van der Waals surface area contributed by atoms with E-state index in [4.69, 9.17) is 0 Å². The molecule has 0 aliphatic carbocycles. The quantitative estimate of drug-likeness (QED) is 0.772. The Labute approximate surface area is 95.9 Å². The second-order valence-electron chi connectivity index (χ2n) is 2.84. The standard InChI is InChI=1S/C11H10BrFO2/c1-3-4-7-5-8(12)6-9(13)10(7)11(14)15-2/h3-6H,1-2H3/b4-3+. The highest BCUT2D eigenvalue weighted by atomic mass is 79.9. The van der Waals surface area contributed by atoms with Crippen molar-refractivity contribution in [3.8, 4) is 0 Å². The summed E-state index contributed by atoms with van der Waals surface area (Å²) in [5, 5.41) is 0. The van der Waals surface area contributed by atoms with Crippen LogP contribution in [0.3, 0.4) is 0 Å². The summed E-state index contributed by atoms with van der Waals surface area (Å²) in [4.78, 5) is 11.3. The fourth-order valence-corrected chi connectivity index (χ4v) is 1.67. The molecular formula is C11H10BrFO2. The van der Waals surface area contributed by atoms with E-state index >= 15 is 0 Å². The summed E-state index contributed by atoms with van der Waals surface area (Å²) < 4.78 is 18.6. The lowest BCUT2D eigenvalue weighted by Crippen LogP contribution is -2.07. The molecule has 0 N–H and O–H groups in total. The Bertz CT molecular complexity index is 413. The lowest BCUT2D eigenvalue weighted by molar-refractivity contribution is 0.0595. The van der Waals surface area contributed by atoms with Crippen LogP contribution in [0.15, 0.2) is 22.7 Å². The van der Waals surface area contributed by atoms with E-state index in [0.29, 0.717) is 10.0 Å². The number of benzene rings is 1. The Morgan fingerprint density at radius 3 is 2.73 bits per heavy atom. The smallest absolute Gasteiger partial charge is 0.341 e. The average Bonchev–Trinajstić information content (AvgIpc) is 2.16. The first kappa shape index (κ1) is 11.9. The molecule has 0 saturated carbocycles. The Hall–Kier alpha value is -1.16. The number of hydrogen-bond donors (Lipinski definition) is 0. The van der Waals surface area contributed by atoms with Crippen molar-refractivity contribution in [2.24, 2.45) is 0 Å². The lowest BCUT2D eigenvalue weighted by atomic mass is 10.1. The number of allylic oxidation sites excluding steroid dienone is 1. The third kappa shape index (κ3) is 2.65. The van der Waals surface area contributed by atoms with Crippen LogP contribution in [0.4, 0.5) is 4.39 Å². The first-order valence-corrected chi connectivity index (χ1v) is 5.09. The summed E-state index contributed by atoms with van der Waals surface area (Å²) in [5.41, 5.74) is 0.454. The summed E-state index contributed by atoms with van der Waals surface area (Å²) in [6.07, 6.45) is 3.38. The highest BCUT2D eigenvalue weighted by molar-refractivity contribution is 9.10. The summed E-state index contributed by atoms with van der Waals surface area (Å²) in [6, 6.07) is 2.90. The third-order valence-corrected chi connectivity index (χ3v) is 2.28. The molecule has 0 spiro atoms. The van der Waals surface area contributed by atoms with Gasteiger partial charge in [-0.05, 0) is 24.6 Å². The Kier molecular flexibility index (Phi) is 4.03. The molecule has 0 heterocycles. The van der Waals surface area contributed by atoms with E-state index in [1.54, 1.807) is 25.1 Å². The molecule has 0 amide bonds. The minimum atomic E-state index is -0.673. The van der Waals surface area contributed by atoms with Gasteiger partial charge in [0, 0.05) is 4.47 Å². The molecule has 0 bridgehead atoms. The first-order chi connectivity index (χ1) is 7.10. The third-order valence-electron chi connectivity index (χ3n) is 1.82. The van der Waals surface area contributed by atoms with E-state index in [0.717, 1.165) is 0 Å². The fourth-order valence-electron chi connectivity index (χ4n) is 1.22. The van der Waals surface area contributed by atoms with E-state index < -0.39 is 11.8 Å². The van der Waals surface area contributed by atoms with Crippen LogP contribution in [-0.4, -0.2) is 13.1 Å². The van der Waals surface area contributed by atoms with Crippen LogP contribution >= 0.6 is 15.9 Å². The maximum atomic E-state index is 13.5. The normalized spacial score (nSPS) is 10.7. The van der Waals surface area contributed by atoms with Crippen molar-refractivity contribution in [1.82, 2.24) is 0 Å². The van der Waals surface area contributed by atoms with Gasteiger partial charge in [-0.2, -0.15) is 0 Å². The number of rotatable bonds is 2. The number of ether oxygens (including phenoxy) is 1. The molecule has 1 aromatic rings. The Morgan fingerprint density at radius 2 is 2.20 bits per heavy atom. The number of methoxy groups -OCH3 is 1. The Morgan fingerprint density at radius 1 is 1.53 bits per heavy atom. The highest BCUT2D eigenvalue weighted by Crippen LogP contribution is 2.22. The van der Waals surface area contributed by atoms with Gasteiger partial charge in [0.25, 0.3) is 0 Å². The molecule has 0 aromatic heterocycles. The van der Waals surface area contributed by atoms with Gasteiger partial charge in [-0.25, -0.2) is 9.18 Å². The predicted molar refractivity (Wildman–Crippen MR) is 60.1 cm³/mol.